The van der Waals surface area contributed by atoms with Crippen molar-refractivity contribution in [3.63, 3.8) is 0 Å². The van der Waals surface area contributed by atoms with Crippen LogP contribution in [0.3, 0.4) is 0 Å². The van der Waals surface area contributed by atoms with Crippen LogP contribution in [0.15, 0.2) is 42.6 Å². The minimum atomic E-state index is 0.0853. The lowest BCUT2D eigenvalue weighted by molar-refractivity contribution is 0.861. The molecule has 3 N–H and O–H groups in total. The molecular formula is C18H19ClN6. The van der Waals surface area contributed by atoms with Crippen LogP contribution in [-0.2, 0) is 0 Å². The van der Waals surface area contributed by atoms with Gasteiger partial charge in [0, 0.05) is 17.7 Å². The molecule has 3 aromatic rings. The van der Waals surface area contributed by atoms with E-state index in [1.54, 1.807) is 6.20 Å². The van der Waals surface area contributed by atoms with Crippen molar-refractivity contribution in [2.75, 3.05) is 10.6 Å². The van der Waals surface area contributed by atoms with E-state index in [4.69, 9.17) is 11.6 Å². The summed E-state index contributed by atoms with van der Waals surface area (Å²) in [4.78, 5) is 8.75. The van der Waals surface area contributed by atoms with Gasteiger partial charge in [0.1, 0.15) is 5.02 Å². The van der Waals surface area contributed by atoms with Gasteiger partial charge in [-0.25, -0.2) is 4.98 Å². The molecule has 128 valence electrons. The van der Waals surface area contributed by atoms with Crippen molar-refractivity contribution < 1.29 is 0 Å². The SMILES string of the molecule is C[C@H](Nc1ncc(Cl)c(Nc2cc(C3CC3)[nH]n2)n1)c1ccccc1. The lowest BCUT2D eigenvalue weighted by atomic mass is 10.1. The summed E-state index contributed by atoms with van der Waals surface area (Å²) in [6.07, 6.45) is 4.04. The van der Waals surface area contributed by atoms with E-state index in [1.165, 1.54) is 12.8 Å². The van der Waals surface area contributed by atoms with Gasteiger partial charge >= 0.3 is 0 Å². The molecule has 0 aliphatic heterocycles. The van der Waals surface area contributed by atoms with Crippen LogP contribution in [-0.4, -0.2) is 20.2 Å². The van der Waals surface area contributed by atoms with Gasteiger partial charge in [0.15, 0.2) is 11.6 Å². The molecule has 2 aromatic heterocycles. The van der Waals surface area contributed by atoms with Crippen LogP contribution in [0.1, 0.15) is 43.0 Å². The summed E-state index contributed by atoms with van der Waals surface area (Å²) in [6.45, 7) is 2.07. The van der Waals surface area contributed by atoms with Crippen molar-refractivity contribution in [1.82, 2.24) is 20.2 Å². The minimum absolute atomic E-state index is 0.0853. The molecule has 4 rings (SSSR count). The fourth-order valence-electron chi connectivity index (χ4n) is 2.67. The zero-order valence-electron chi connectivity index (χ0n) is 13.8. The van der Waals surface area contributed by atoms with Gasteiger partial charge in [-0.3, -0.25) is 5.10 Å². The summed E-state index contributed by atoms with van der Waals surface area (Å²) in [7, 11) is 0. The first-order valence-electron chi connectivity index (χ1n) is 8.35. The van der Waals surface area contributed by atoms with E-state index in [9.17, 15) is 0 Å². The maximum absolute atomic E-state index is 6.23. The molecule has 25 heavy (non-hydrogen) atoms. The molecule has 0 bridgehead atoms. The fourth-order valence-corrected chi connectivity index (χ4v) is 2.81. The Balaban J connectivity index is 1.49. The van der Waals surface area contributed by atoms with Crippen molar-refractivity contribution in [1.29, 1.82) is 0 Å². The molecule has 0 radical (unpaired) electrons. The third-order valence-electron chi connectivity index (χ3n) is 4.25. The molecule has 1 aliphatic carbocycles. The smallest absolute Gasteiger partial charge is 0.225 e. The number of hydrogen-bond acceptors (Lipinski definition) is 5. The van der Waals surface area contributed by atoms with Crippen LogP contribution in [0.4, 0.5) is 17.6 Å². The van der Waals surface area contributed by atoms with E-state index < -0.39 is 0 Å². The minimum Gasteiger partial charge on any atom is -0.348 e. The molecule has 1 fully saturated rings. The zero-order chi connectivity index (χ0) is 17.2. The van der Waals surface area contributed by atoms with Crippen LogP contribution in [0.2, 0.25) is 5.02 Å². The third-order valence-corrected chi connectivity index (χ3v) is 4.53. The number of hydrogen-bond donors (Lipinski definition) is 3. The van der Waals surface area contributed by atoms with Gasteiger partial charge in [-0.15, -0.1) is 0 Å². The van der Waals surface area contributed by atoms with E-state index in [0.29, 0.717) is 28.5 Å². The summed E-state index contributed by atoms with van der Waals surface area (Å²) < 4.78 is 0. The second kappa shape index (κ2) is 6.72. The summed E-state index contributed by atoms with van der Waals surface area (Å²) in [5.41, 5.74) is 2.32. The normalized spacial score (nSPS) is 15.0. The molecule has 7 heteroatoms. The van der Waals surface area contributed by atoms with Gasteiger partial charge in [-0.2, -0.15) is 10.1 Å². The number of benzene rings is 1. The van der Waals surface area contributed by atoms with Gasteiger partial charge in [0.05, 0.1) is 12.2 Å². The molecule has 1 atom stereocenters. The molecular weight excluding hydrogens is 336 g/mol. The molecule has 0 amide bonds. The number of aromatic nitrogens is 4. The van der Waals surface area contributed by atoms with Crippen molar-refractivity contribution in [2.45, 2.75) is 31.7 Å². The Morgan fingerprint density at radius 3 is 2.80 bits per heavy atom. The zero-order valence-corrected chi connectivity index (χ0v) is 14.6. The van der Waals surface area contributed by atoms with Gasteiger partial charge in [0.25, 0.3) is 0 Å². The first-order chi connectivity index (χ1) is 12.2. The average Bonchev–Trinajstić information content (AvgIpc) is 3.38. The predicted octanol–water partition coefficient (Wildman–Crippen LogP) is 4.65. The number of nitrogens with zero attached hydrogens (tertiary/aromatic N) is 3. The van der Waals surface area contributed by atoms with E-state index in [1.807, 2.05) is 24.3 Å². The highest BCUT2D eigenvalue weighted by molar-refractivity contribution is 6.32. The van der Waals surface area contributed by atoms with E-state index in [-0.39, 0.29) is 6.04 Å². The number of rotatable bonds is 6. The standard InChI is InChI=1S/C18H19ClN6/c1-11(12-5-3-2-4-6-12)21-18-20-10-14(19)17(23-18)22-16-9-15(24-25-16)13-7-8-13/h2-6,9-11,13H,7-8H2,1H3,(H3,20,21,22,23,24,25)/t11-/m0/s1. The van der Waals surface area contributed by atoms with Crippen molar-refractivity contribution in [3.8, 4) is 0 Å². The highest BCUT2D eigenvalue weighted by Gasteiger charge is 2.25. The lowest BCUT2D eigenvalue weighted by Crippen LogP contribution is -2.10. The van der Waals surface area contributed by atoms with Gasteiger partial charge in [-0.05, 0) is 25.3 Å². The second-order valence-corrected chi connectivity index (χ2v) is 6.68. The van der Waals surface area contributed by atoms with E-state index >= 15 is 0 Å². The summed E-state index contributed by atoms with van der Waals surface area (Å²) >= 11 is 6.23. The number of aromatic amines is 1. The van der Waals surface area contributed by atoms with Crippen LogP contribution in [0, 0.1) is 0 Å². The van der Waals surface area contributed by atoms with Crippen molar-refractivity contribution >= 4 is 29.2 Å². The third kappa shape index (κ3) is 3.74. The van der Waals surface area contributed by atoms with Crippen LogP contribution < -0.4 is 10.6 Å². The van der Waals surface area contributed by atoms with E-state index in [2.05, 4.69) is 49.9 Å². The summed E-state index contributed by atoms with van der Waals surface area (Å²) in [5.74, 6) is 2.38. The molecule has 1 aliphatic rings. The number of halogens is 1. The van der Waals surface area contributed by atoms with Gasteiger partial charge < -0.3 is 10.6 Å². The lowest BCUT2D eigenvalue weighted by Gasteiger charge is -2.15. The first-order valence-corrected chi connectivity index (χ1v) is 8.73. The Labute approximate surface area is 151 Å². The molecule has 6 nitrogen and oxygen atoms in total. The monoisotopic (exact) mass is 354 g/mol. The summed E-state index contributed by atoms with van der Waals surface area (Å²) in [5, 5.41) is 14.2. The average molecular weight is 355 g/mol. The van der Waals surface area contributed by atoms with Crippen molar-refractivity contribution in [2.24, 2.45) is 0 Å². The van der Waals surface area contributed by atoms with Crippen LogP contribution >= 0.6 is 11.6 Å². The Bertz CT molecular complexity index is 859. The molecule has 1 saturated carbocycles. The van der Waals surface area contributed by atoms with Crippen LogP contribution in [0.5, 0.6) is 0 Å². The fraction of sp³-hybridized carbons (Fsp3) is 0.278. The number of anilines is 3. The molecule has 2 heterocycles. The predicted molar refractivity (Wildman–Crippen MR) is 99.4 cm³/mol. The Morgan fingerprint density at radius 1 is 1.24 bits per heavy atom. The first kappa shape index (κ1) is 15.9. The molecule has 0 spiro atoms. The maximum Gasteiger partial charge on any atom is 0.225 e. The Morgan fingerprint density at radius 2 is 2.04 bits per heavy atom. The topological polar surface area (TPSA) is 78.5 Å². The van der Waals surface area contributed by atoms with Gasteiger partial charge in [0.2, 0.25) is 5.95 Å². The van der Waals surface area contributed by atoms with Gasteiger partial charge in [-0.1, -0.05) is 41.9 Å². The maximum atomic E-state index is 6.23. The highest BCUT2D eigenvalue weighted by atomic mass is 35.5. The van der Waals surface area contributed by atoms with Crippen LogP contribution in [0.25, 0.3) is 0 Å². The Hall–Kier alpha value is -2.60. The molecule has 0 saturated heterocycles. The second-order valence-electron chi connectivity index (χ2n) is 6.27. The number of nitrogens with one attached hydrogen (secondary N) is 3. The summed E-state index contributed by atoms with van der Waals surface area (Å²) in [6, 6.07) is 12.2. The van der Waals surface area contributed by atoms with Crippen molar-refractivity contribution in [3.05, 3.63) is 58.9 Å². The highest BCUT2D eigenvalue weighted by Crippen LogP contribution is 2.39. The largest absolute Gasteiger partial charge is 0.348 e. The number of H-pyrrole nitrogens is 1. The molecule has 0 unspecified atom stereocenters. The van der Waals surface area contributed by atoms with E-state index in [0.717, 1.165) is 11.3 Å². The quantitative estimate of drug-likeness (QED) is 0.600. The Kier molecular flexibility index (Phi) is 4.28. The molecule has 1 aromatic carbocycles.